The number of carboxylic acids is 1. The van der Waals surface area contributed by atoms with E-state index in [1.807, 2.05) is 0 Å². The monoisotopic (exact) mass is 429 g/mol. The minimum atomic E-state index is -1.34. The van der Waals surface area contributed by atoms with E-state index in [0.29, 0.717) is 10.6 Å². The fraction of sp³-hybridized carbons (Fsp3) is 0.105. The van der Waals surface area contributed by atoms with Gasteiger partial charge in [0.15, 0.2) is 5.17 Å². The zero-order valence-corrected chi connectivity index (χ0v) is 16.4. The molecule has 148 valence electrons. The fourth-order valence-electron chi connectivity index (χ4n) is 2.61. The summed E-state index contributed by atoms with van der Waals surface area (Å²) in [7, 11) is 0. The number of thioether (sulfide) groups is 1. The summed E-state index contributed by atoms with van der Waals surface area (Å²) in [5, 5.41) is 18.3. The lowest BCUT2D eigenvalue weighted by Gasteiger charge is -2.15. The third-order valence-corrected chi connectivity index (χ3v) is 5.31. The highest BCUT2D eigenvalue weighted by Crippen LogP contribution is 2.29. The van der Waals surface area contributed by atoms with Crippen LogP contribution >= 0.6 is 23.4 Å². The Morgan fingerprint density at radius 2 is 1.90 bits per heavy atom. The van der Waals surface area contributed by atoms with Crippen molar-refractivity contribution < 1.29 is 19.5 Å². The average molecular weight is 430 g/mol. The summed E-state index contributed by atoms with van der Waals surface area (Å²) in [6.45, 7) is 0. The van der Waals surface area contributed by atoms with Gasteiger partial charge in [-0.15, -0.1) is 5.10 Å². The molecule has 1 saturated heterocycles. The fourth-order valence-corrected chi connectivity index (χ4v) is 3.61. The number of halogens is 1. The zero-order chi connectivity index (χ0) is 21.0. The van der Waals surface area contributed by atoms with Gasteiger partial charge in [-0.1, -0.05) is 53.7 Å². The van der Waals surface area contributed by atoms with E-state index in [-0.39, 0.29) is 22.8 Å². The van der Waals surface area contributed by atoms with E-state index in [1.165, 1.54) is 30.5 Å². The second-order valence-corrected chi connectivity index (χ2v) is 7.55. The van der Waals surface area contributed by atoms with Gasteiger partial charge in [-0.2, -0.15) is 5.10 Å². The van der Waals surface area contributed by atoms with Gasteiger partial charge in [-0.25, -0.2) is 4.90 Å². The first-order valence-corrected chi connectivity index (χ1v) is 9.58. The molecular weight excluding hydrogens is 416 g/mol. The Balaban J connectivity index is 1.67. The number of hydrogen-bond donors (Lipinski definition) is 1. The normalized spacial score (nSPS) is 17.3. The van der Waals surface area contributed by atoms with E-state index in [1.54, 1.807) is 24.3 Å². The largest absolute Gasteiger partial charge is 0.545 e. The Bertz CT molecular complexity index is 1020. The highest BCUT2D eigenvalue weighted by molar-refractivity contribution is 8.14. The molecule has 29 heavy (non-hydrogen) atoms. The number of imide groups is 1. The SMILES string of the molecule is NC(=N/N=C\c1ccccc1Cl)S[C@H]1CC(=O)N(c2ccc(C(=O)[O-])cc2)C1=O. The lowest BCUT2D eigenvalue weighted by atomic mass is 10.2. The molecular formula is C19H14ClN4O4S-. The Kier molecular flexibility index (Phi) is 6.30. The van der Waals surface area contributed by atoms with Crippen LogP contribution in [-0.4, -0.2) is 34.4 Å². The summed E-state index contributed by atoms with van der Waals surface area (Å²) in [6, 6.07) is 12.3. The molecule has 2 amide bonds. The van der Waals surface area contributed by atoms with Crippen molar-refractivity contribution in [1.82, 2.24) is 0 Å². The van der Waals surface area contributed by atoms with E-state index >= 15 is 0 Å². The summed E-state index contributed by atoms with van der Waals surface area (Å²) in [4.78, 5) is 36.7. The van der Waals surface area contributed by atoms with Crippen LogP contribution in [0.2, 0.25) is 5.02 Å². The summed E-state index contributed by atoms with van der Waals surface area (Å²) >= 11 is 6.94. The molecule has 10 heteroatoms. The van der Waals surface area contributed by atoms with Gasteiger partial charge in [0.25, 0.3) is 0 Å². The van der Waals surface area contributed by atoms with E-state index in [4.69, 9.17) is 17.3 Å². The third kappa shape index (κ3) is 4.82. The third-order valence-electron chi connectivity index (χ3n) is 3.99. The first-order valence-electron chi connectivity index (χ1n) is 8.32. The molecule has 1 aliphatic rings. The number of benzene rings is 2. The number of aromatic carboxylic acids is 1. The topological polar surface area (TPSA) is 128 Å². The van der Waals surface area contributed by atoms with Gasteiger partial charge in [0, 0.05) is 17.0 Å². The van der Waals surface area contributed by atoms with Crippen molar-refractivity contribution in [1.29, 1.82) is 0 Å². The van der Waals surface area contributed by atoms with Crippen LogP contribution in [0.3, 0.4) is 0 Å². The molecule has 1 heterocycles. The summed E-state index contributed by atoms with van der Waals surface area (Å²) in [5.41, 5.74) is 6.70. The van der Waals surface area contributed by atoms with Gasteiger partial charge in [-0.3, -0.25) is 9.59 Å². The summed E-state index contributed by atoms with van der Waals surface area (Å²) < 4.78 is 0. The second kappa shape index (κ2) is 8.89. The lowest BCUT2D eigenvalue weighted by Crippen LogP contribution is -2.32. The van der Waals surface area contributed by atoms with Crippen molar-refractivity contribution in [2.24, 2.45) is 15.9 Å². The number of rotatable bonds is 5. The quantitative estimate of drug-likeness (QED) is 0.331. The molecule has 0 radical (unpaired) electrons. The number of nitrogens with zero attached hydrogens (tertiary/aromatic N) is 3. The van der Waals surface area contributed by atoms with Crippen LogP contribution in [0.5, 0.6) is 0 Å². The van der Waals surface area contributed by atoms with E-state index in [0.717, 1.165) is 16.7 Å². The Labute approximate surface area is 175 Å². The Morgan fingerprint density at radius 1 is 1.21 bits per heavy atom. The molecule has 1 fully saturated rings. The Hall–Kier alpha value is -3.17. The first-order chi connectivity index (χ1) is 13.9. The maximum absolute atomic E-state index is 12.6. The number of nitrogens with two attached hydrogens (primary N) is 1. The zero-order valence-electron chi connectivity index (χ0n) is 14.8. The molecule has 8 nitrogen and oxygen atoms in total. The maximum atomic E-state index is 12.6. The molecule has 2 aromatic rings. The Morgan fingerprint density at radius 3 is 2.55 bits per heavy atom. The highest BCUT2D eigenvalue weighted by atomic mass is 35.5. The number of carbonyl (C=O) groups excluding carboxylic acids is 3. The minimum Gasteiger partial charge on any atom is -0.545 e. The van der Waals surface area contributed by atoms with Crippen LogP contribution in [0, 0.1) is 0 Å². The van der Waals surface area contributed by atoms with Crippen LogP contribution in [0.1, 0.15) is 22.3 Å². The molecule has 2 N–H and O–H groups in total. The standard InChI is InChI=1S/C19H15ClN4O4S/c20-14-4-2-1-3-12(14)10-22-23-19(21)29-15-9-16(25)24(17(15)26)13-7-5-11(6-8-13)18(27)28/h1-8,10,15H,9H2,(H2,21,23)(H,27,28)/p-1/b22-10-/t15-/m0/s1. The van der Waals surface area contributed by atoms with Crippen LogP contribution in [0.25, 0.3) is 0 Å². The average Bonchev–Trinajstić information content (AvgIpc) is 2.96. The van der Waals surface area contributed by atoms with Gasteiger partial charge in [0.05, 0.1) is 17.9 Å². The van der Waals surface area contributed by atoms with Crippen LogP contribution in [0.4, 0.5) is 5.69 Å². The smallest absolute Gasteiger partial charge is 0.247 e. The molecule has 0 saturated carbocycles. The molecule has 0 aromatic heterocycles. The van der Waals surface area contributed by atoms with Crippen molar-refractivity contribution in [3.05, 3.63) is 64.7 Å². The number of carboxylic acid groups (broad SMARTS) is 1. The van der Waals surface area contributed by atoms with Crippen molar-refractivity contribution in [2.45, 2.75) is 11.7 Å². The highest BCUT2D eigenvalue weighted by Gasteiger charge is 2.40. The van der Waals surface area contributed by atoms with Crippen molar-refractivity contribution in [3.63, 3.8) is 0 Å². The molecule has 0 unspecified atom stereocenters. The first kappa shape index (κ1) is 20.6. The number of amides is 2. The minimum absolute atomic E-state index is 0.0219. The molecule has 0 aliphatic carbocycles. The molecule has 3 rings (SSSR count). The lowest BCUT2D eigenvalue weighted by molar-refractivity contribution is -0.255. The van der Waals surface area contributed by atoms with Crippen molar-refractivity contribution in [3.8, 4) is 0 Å². The number of hydrogen-bond acceptors (Lipinski definition) is 7. The van der Waals surface area contributed by atoms with Crippen LogP contribution in [-0.2, 0) is 9.59 Å². The van der Waals surface area contributed by atoms with Crippen molar-refractivity contribution in [2.75, 3.05) is 4.90 Å². The van der Waals surface area contributed by atoms with Gasteiger partial charge < -0.3 is 15.6 Å². The van der Waals surface area contributed by atoms with Crippen LogP contribution in [0.15, 0.2) is 58.7 Å². The molecule has 1 atom stereocenters. The molecule has 0 spiro atoms. The van der Waals surface area contributed by atoms with E-state index < -0.39 is 23.0 Å². The van der Waals surface area contributed by atoms with E-state index in [9.17, 15) is 19.5 Å². The number of amidine groups is 1. The van der Waals surface area contributed by atoms with Gasteiger partial charge >= 0.3 is 0 Å². The predicted molar refractivity (Wildman–Crippen MR) is 110 cm³/mol. The maximum Gasteiger partial charge on any atom is 0.247 e. The molecule has 0 bridgehead atoms. The molecule has 1 aliphatic heterocycles. The molecule has 2 aromatic carbocycles. The predicted octanol–water partition coefficient (Wildman–Crippen LogP) is 1.42. The summed E-state index contributed by atoms with van der Waals surface area (Å²) in [6.07, 6.45) is 1.37. The van der Waals surface area contributed by atoms with E-state index in [2.05, 4.69) is 10.2 Å². The van der Waals surface area contributed by atoms with Crippen LogP contribution < -0.4 is 15.7 Å². The van der Waals surface area contributed by atoms with Gasteiger partial charge in [0.2, 0.25) is 11.8 Å². The van der Waals surface area contributed by atoms with Gasteiger partial charge in [-0.05, 0) is 23.8 Å². The second-order valence-electron chi connectivity index (χ2n) is 5.92. The number of anilines is 1. The summed E-state index contributed by atoms with van der Waals surface area (Å²) in [5.74, 6) is -2.22. The van der Waals surface area contributed by atoms with Gasteiger partial charge in [0.1, 0.15) is 5.25 Å². The number of carbonyl (C=O) groups is 3. The van der Waals surface area contributed by atoms with Crippen molar-refractivity contribution >= 4 is 58.2 Å².